The molecule has 1 saturated heterocycles. The number of rotatable bonds is 4. The van der Waals surface area contributed by atoms with E-state index in [2.05, 4.69) is 16.5 Å². The molecule has 3 heterocycles. The molecular formula is C15H19N3OS. The Morgan fingerprint density at radius 1 is 1.55 bits per heavy atom. The minimum Gasteiger partial charge on any atom is -0.336 e. The molecule has 4 nitrogen and oxygen atoms in total. The third-order valence-electron chi connectivity index (χ3n) is 3.85. The van der Waals surface area contributed by atoms with Gasteiger partial charge in [0.1, 0.15) is 0 Å². The summed E-state index contributed by atoms with van der Waals surface area (Å²) in [6.45, 7) is 0.878. The molecule has 20 heavy (non-hydrogen) atoms. The Kier molecular flexibility index (Phi) is 3.87. The van der Waals surface area contributed by atoms with Crippen molar-refractivity contribution in [1.82, 2.24) is 14.7 Å². The zero-order valence-electron chi connectivity index (χ0n) is 11.7. The lowest BCUT2D eigenvalue weighted by Crippen LogP contribution is -2.30. The van der Waals surface area contributed by atoms with E-state index >= 15 is 0 Å². The van der Waals surface area contributed by atoms with Crippen LogP contribution in [0.4, 0.5) is 0 Å². The fourth-order valence-electron chi connectivity index (χ4n) is 2.85. The SMILES string of the molecule is Cn1cc([C@H]2CCCN2C(=O)CCc2cccs2)cn1. The van der Waals surface area contributed by atoms with E-state index in [1.54, 1.807) is 11.3 Å². The highest BCUT2D eigenvalue weighted by Crippen LogP contribution is 2.32. The van der Waals surface area contributed by atoms with Crippen LogP contribution in [0, 0.1) is 0 Å². The van der Waals surface area contributed by atoms with Crippen LogP contribution in [0.3, 0.4) is 0 Å². The van der Waals surface area contributed by atoms with Crippen LogP contribution in [0.5, 0.6) is 0 Å². The van der Waals surface area contributed by atoms with Gasteiger partial charge in [0, 0.05) is 36.7 Å². The van der Waals surface area contributed by atoms with Gasteiger partial charge in [0.25, 0.3) is 0 Å². The highest BCUT2D eigenvalue weighted by Gasteiger charge is 2.30. The highest BCUT2D eigenvalue weighted by molar-refractivity contribution is 7.09. The molecule has 0 saturated carbocycles. The van der Waals surface area contributed by atoms with Crippen molar-refractivity contribution in [3.8, 4) is 0 Å². The Balaban J connectivity index is 1.64. The van der Waals surface area contributed by atoms with Gasteiger partial charge >= 0.3 is 0 Å². The summed E-state index contributed by atoms with van der Waals surface area (Å²) in [5.41, 5.74) is 1.16. The number of carbonyl (C=O) groups is 1. The number of aromatic nitrogens is 2. The number of thiophene rings is 1. The first-order valence-electron chi connectivity index (χ1n) is 7.04. The Bertz CT molecular complexity index is 576. The average Bonchev–Trinajstić information content (AvgIpc) is 3.16. The van der Waals surface area contributed by atoms with Gasteiger partial charge < -0.3 is 4.90 Å². The molecule has 0 spiro atoms. The van der Waals surface area contributed by atoms with Gasteiger partial charge in [0.15, 0.2) is 0 Å². The second-order valence-electron chi connectivity index (χ2n) is 5.27. The second kappa shape index (κ2) is 5.79. The van der Waals surface area contributed by atoms with Crippen LogP contribution in [-0.2, 0) is 18.3 Å². The van der Waals surface area contributed by atoms with Crippen LogP contribution in [0.1, 0.15) is 35.7 Å². The fraction of sp³-hybridized carbons (Fsp3) is 0.467. The molecule has 1 fully saturated rings. The first-order valence-corrected chi connectivity index (χ1v) is 7.92. The van der Waals surface area contributed by atoms with Crippen molar-refractivity contribution in [3.05, 3.63) is 40.3 Å². The normalized spacial score (nSPS) is 18.6. The van der Waals surface area contributed by atoms with E-state index in [0.717, 1.165) is 31.4 Å². The molecule has 1 amide bonds. The Morgan fingerprint density at radius 2 is 2.45 bits per heavy atom. The Morgan fingerprint density at radius 3 is 3.15 bits per heavy atom. The van der Waals surface area contributed by atoms with E-state index < -0.39 is 0 Å². The zero-order valence-corrected chi connectivity index (χ0v) is 12.5. The number of hydrogen-bond donors (Lipinski definition) is 0. The molecular weight excluding hydrogens is 270 g/mol. The maximum atomic E-state index is 12.4. The van der Waals surface area contributed by atoms with Crippen molar-refractivity contribution in [2.45, 2.75) is 31.7 Å². The predicted molar refractivity (Wildman–Crippen MR) is 79.5 cm³/mol. The van der Waals surface area contributed by atoms with Crippen LogP contribution in [0.15, 0.2) is 29.9 Å². The lowest BCUT2D eigenvalue weighted by molar-refractivity contribution is -0.132. The topological polar surface area (TPSA) is 38.1 Å². The Labute approximate surface area is 123 Å². The quantitative estimate of drug-likeness (QED) is 0.868. The van der Waals surface area contributed by atoms with Gasteiger partial charge in [0.2, 0.25) is 5.91 Å². The highest BCUT2D eigenvalue weighted by atomic mass is 32.1. The monoisotopic (exact) mass is 289 g/mol. The third-order valence-corrected chi connectivity index (χ3v) is 4.78. The molecule has 106 valence electrons. The molecule has 1 aliphatic rings. The summed E-state index contributed by atoms with van der Waals surface area (Å²) in [6, 6.07) is 4.36. The molecule has 0 aromatic carbocycles. The molecule has 0 bridgehead atoms. The lowest BCUT2D eigenvalue weighted by Gasteiger charge is -2.23. The maximum absolute atomic E-state index is 12.4. The largest absolute Gasteiger partial charge is 0.336 e. The van der Waals surface area contributed by atoms with Crippen molar-refractivity contribution < 1.29 is 4.79 Å². The van der Waals surface area contributed by atoms with Crippen molar-refractivity contribution in [2.24, 2.45) is 7.05 Å². The number of hydrogen-bond acceptors (Lipinski definition) is 3. The molecule has 2 aromatic rings. The number of aryl methyl sites for hydroxylation is 2. The van der Waals surface area contributed by atoms with E-state index in [1.165, 1.54) is 4.88 Å². The van der Waals surface area contributed by atoms with Crippen LogP contribution < -0.4 is 0 Å². The van der Waals surface area contributed by atoms with Crippen molar-refractivity contribution in [2.75, 3.05) is 6.54 Å². The summed E-state index contributed by atoms with van der Waals surface area (Å²) < 4.78 is 1.81. The molecule has 0 unspecified atom stereocenters. The second-order valence-corrected chi connectivity index (χ2v) is 6.30. The minimum absolute atomic E-state index is 0.222. The van der Waals surface area contributed by atoms with Crippen molar-refractivity contribution in [3.63, 3.8) is 0 Å². The zero-order chi connectivity index (χ0) is 13.9. The number of carbonyl (C=O) groups excluding carboxylic acids is 1. The molecule has 0 N–H and O–H groups in total. The van der Waals surface area contributed by atoms with Crippen molar-refractivity contribution >= 4 is 17.2 Å². The summed E-state index contributed by atoms with van der Waals surface area (Å²) in [4.78, 5) is 15.8. The molecule has 1 atom stereocenters. The van der Waals surface area contributed by atoms with Gasteiger partial charge in [-0.15, -0.1) is 11.3 Å². The molecule has 1 aliphatic heterocycles. The molecule has 0 aliphatic carbocycles. The summed E-state index contributed by atoms with van der Waals surface area (Å²) in [5.74, 6) is 0.268. The number of amides is 1. The van der Waals surface area contributed by atoms with Gasteiger partial charge in [-0.05, 0) is 30.7 Å². The first-order chi connectivity index (χ1) is 9.74. The van der Waals surface area contributed by atoms with Gasteiger partial charge in [0.05, 0.1) is 12.2 Å². The lowest BCUT2D eigenvalue weighted by atomic mass is 10.1. The summed E-state index contributed by atoms with van der Waals surface area (Å²) >= 11 is 1.72. The molecule has 0 radical (unpaired) electrons. The van der Waals surface area contributed by atoms with Gasteiger partial charge in [-0.25, -0.2) is 0 Å². The van der Waals surface area contributed by atoms with Crippen LogP contribution in [0.25, 0.3) is 0 Å². The standard InChI is InChI=1S/C15H19N3OS/c1-17-11-12(10-16-17)14-5-2-8-18(14)15(19)7-6-13-4-3-9-20-13/h3-4,9-11,14H,2,5-8H2,1H3/t14-/m1/s1. The molecule has 3 rings (SSSR count). The van der Waals surface area contributed by atoms with E-state index in [0.29, 0.717) is 6.42 Å². The summed E-state index contributed by atoms with van der Waals surface area (Å²) in [6.07, 6.45) is 7.51. The van der Waals surface area contributed by atoms with E-state index in [9.17, 15) is 4.79 Å². The van der Waals surface area contributed by atoms with Gasteiger partial charge in [-0.2, -0.15) is 5.10 Å². The smallest absolute Gasteiger partial charge is 0.223 e. The molecule has 5 heteroatoms. The van der Waals surface area contributed by atoms with Crippen LogP contribution in [0.2, 0.25) is 0 Å². The van der Waals surface area contributed by atoms with Crippen LogP contribution >= 0.6 is 11.3 Å². The molecule has 2 aromatic heterocycles. The van der Waals surface area contributed by atoms with Gasteiger partial charge in [-0.3, -0.25) is 9.48 Å². The van der Waals surface area contributed by atoms with Crippen molar-refractivity contribution in [1.29, 1.82) is 0 Å². The fourth-order valence-corrected chi connectivity index (χ4v) is 3.56. The summed E-state index contributed by atoms with van der Waals surface area (Å²) in [7, 11) is 1.92. The summed E-state index contributed by atoms with van der Waals surface area (Å²) in [5, 5.41) is 6.29. The van der Waals surface area contributed by atoms with E-state index in [-0.39, 0.29) is 11.9 Å². The first kappa shape index (κ1) is 13.4. The predicted octanol–water partition coefficient (Wildman–Crippen LogP) is 2.78. The number of nitrogens with zero attached hydrogens (tertiary/aromatic N) is 3. The third kappa shape index (κ3) is 2.77. The minimum atomic E-state index is 0.222. The maximum Gasteiger partial charge on any atom is 0.223 e. The van der Waals surface area contributed by atoms with Gasteiger partial charge in [-0.1, -0.05) is 6.07 Å². The number of likely N-dealkylation sites (tertiary alicyclic amines) is 1. The van der Waals surface area contributed by atoms with E-state index in [4.69, 9.17) is 0 Å². The van der Waals surface area contributed by atoms with E-state index in [1.807, 2.05) is 35.1 Å². The average molecular weight is 289 g/mol. The Hall–Kier alpha value is -1.62. The van der Waals surface area contributed by atoms with Crippen LogP contribution in [-0.4, -0.2) is 27.1 Å².